The van der Waals surface area contributed by atoms with Gasteiger partial charge in [0, 0.05) is 23.8 Å². The molecule has 2 aromatic carbocycles. The van der Waals surface area contributed by atoms with Crippen molar-refractivity contribution in [1.82, 2.24) is 0 Å². The predicted molar refractivity (Wildman–Crippen MR) is 171 cm³/mol. The van der Waals surface area contributed by atoms with Gasteiger partial charge in [-0.1, -0.05) is 84.5 Å². The van der Waals surface area contributed by atoms with E-state index in [2.05, 4.69) is 42.8 Å². The highest BCUT2D eigenvalue weighted by Gasteiger charge is 2.32. The molecule has 0 bridgehead atoms. The summed E-state index contributed by atoms with van der Waals surface area (Å²) in [6, 6.07) is 8.43. The highest BCUT2D eigenvalue weighted by atomic mass is 16.7. The molecule has 2 aliphatic heterocycles. The van der Waals surface area contributed by atoms with Gasteiger partial charge < -0.3 is 18.9 Å². The Bertz CT molecular complexity index is 1400. The van der Waals surface area contributed by atoms with Gasteiger partial charge in [-0.05, 0) is 49.1 Å². The van der Waals surface area contributed by atoms with Crippen LogP contribution < -0.4 is 23.5 Å². The summed E-state index contributed by atoms with van der Waals surface area (Å²) >= 11 is 0. The molecule has 0 aliphatic carbocycles. The fraction of sp³-hybridized carbons (Fsp3) is 0.568. The molecular weight excluding hydrogens is 538 g/mol. The van der Waals surface area contributed by atoms with E-state index >= 15 is 0 Å². The zero-order valence-corrected chi connectivity index (χ0v) is 26.6. The average Bonchev–Trinajstić information content (AvgIpc) is 3.48. The molecule has 0 radical (unpaired) electrons. The van der Waals surface area contributed by atoms with Crippen LogP contribution in [0.5, 0.6) is 23.0 Å². The van der Waals surface area contributed by atoms with Crippen LogP contribution in [0.25, 0.3) is 22.0 Å². The van der Waals surface area contributed by atoms with Crippen LogP contribution in [0.1, 0.15) is 115 Å². The number of hydrogen-bond donors (Lipinski definition) is 0. The van der Waals surface area contributed by atoms with E-state index in [9.17, 15) is 4.79 Å². The van der Waals surface area contributed by atoms with Crippen LogP contribution in [0.3, 0.4) is 0 Å². The number of benzene rings is 2. The number of unbranched alkanes of at least 4 members (excludes halogenated alkanes) is 11. The molecule has 232 valence electrons. The Morgan fingerprint density at radius 3 is 2.23 bits per heavy atom. The number of aromatic nitrogens is 1. The van der Waals surface area contributed by atoms with Crippen LogP contribution in [-0.4, -0.2) is 19.9 Å². The SMILES string of the molecule is CCCCCCCCCc1c2[n+](cc3c(OC(=O)CCCCCCCC)c(OC)ccc13)CCc1cc3c(cc1-2)OCO3. The zero-order chi connectivity index (χ0) is 30.0. The lowest BCUT2D eigenvalue weighted by Gasteiger charge is -2.21. The van der Waals surface area contributed by atoms with Crippen LogP contribution in [-0.2, 0) is 24.2 Å². The summed E-state index contributed by atoms with van der Waals surface area (Å²) in [4.78, 5) is 13.1. The van der Waals surface area contributed by atoms with Crippen LogP contribution in [0.15, 0.2) is 30.5 Å². The molecule has 6 nitrogen and oxygen atoms in total. The smallest absolute Gasteiger partial charge is 0.311 e. The number of aryl methyl sites for hydroxylation is 3. The highest BCUT2D eigenvalue weighted by Crippen LogP contribution is 2.44. The van der Waals surface area contributed by atoms with Crippen molar-refractivity contribution in [3.05, 3.63) is 41.6 Å². The Kier molecular flexibility index (Phi) is 11.2. The number of methoxy groups -OCH3 is 1. The van der Waals surface area contributed by atoms with Crippen molar-refractivity contribution in [3.63, 3.8) is 0 Å². The van der Waals surface area contributed by atoms with Crippen molar-refractivity contribution in [1.29, 1.82) is 0 Å². The lowest BCUT2D eigenvalue weighted by molar-refractivity contribution is -0.686. The van der Waals surface area contributed by atoms with Gasteiger partial charge in [0.2, 0.25) is 12.5 Å². The number of hydrogen-bond acceptors (Lipinski definition) is 5. The van der Waals surface area contributed by atoms with Crippen molar-refractivity contribution in [2.24, 2.45) is 0 Å². The van der Waals surface area contributed by atoms with E-state index in [1.807, 2.05) is 6.07 Å². The van der Waals surface area contributed by atoms with E-state index in [-0.39, 0.29) is 12.8 Å². The van der Waals surface area contributed by atoms with Gasteiger partial charge in [-0.3, -0.25) is 4.79 Å². The lowest BCUT2D eigenvalue weighted by atomic mass is 9.89. The summed E-state index contributed by atoms with van der Waals surface area (Å²) in [5, 5.41) is 2.08. The second-order valence-electron chi connectivity index (χ2n) is 12.2. The molecule has 0 spiro atoms. The van der Waals surface area contributed by atoms with E-state index in [0.29, 0.717) is 17.9 Å². The molecule has 0 saturated carbocycles. The third kappa shape index (κ3) is 7.45. The summed E-state index contributed by atoms with van der Waals surface area (Å²) in [5.41, 5.74) is 5.06. The highest BCUT2D eigenvalue weighted by molar-refractivity contribution is 5.96. The molecule has 2 aliphatic rings. The van der Waals surface area contributed by atoms with E-state index < -0.39 is 0 Å². The first-order valence-electron chi connectivity index (χ1n) is 16.8. The quantitative estimate of drug-likeness (QED) is 0.0681. The first-order chi connectivity index (χ1) is 21.1. The van der Waals surface area contributed by atoms with Crippen LogP contribution >= 0.6 is 0 Å². The first kappa shape index (κ1) is 31.2. The monoisotopic (exact) mass is 588 g/mol. The van der Waals surface area contributed by atoms with Crippen LogP contribution in [0.4, 0.5) is 0 Å². The fourth-order valence-electron chi connectivity index (χ4n) is 6.63. The van der Waals surface area contributed by atoms with Gasteiger partial charge in [0.25, 0.3) is 0 Å². The van der Waals surface area contributed by atoms with E-state index in [0.717, 1.165) is 60.9 Å². The number of ether oxygens (including phenoxy) is 4. The summed E-state index contributed by atoms with van der Waals surface area (Å²) < 4.78 is 25.7. The van der Waals surface area contributed by atoms with E-state index in [1.165, 1.54) is 86.6 Å². The minimum absolute atomic E-state index is 0.185. The third-order valence-electron chi connectivity index (χ3n) is 9.02. The number of carbonyl (C=O) groups excluding carboxylic acids is 1. The minimum atomic E-state index is -0.185. The van der Waals surface area contributed by atoms with Gasteiger partial charge in [-0.2, -0.15) is 4.57 Å². The molecule has 1 aromatic heterocycles. The van der Waals surface area contributed by atoms with Gasteiger partial charge in [-0.25, -0.2) is 0 Å². The number of nitrogens with zero attached hydrogens (tertiary/aromatic N) is 1. The maximum absolute atomic E-state index is 13.1. The Hall–Kier alpha value is -3.28. The van der Waals surface area contributed by atoms with Gasteiger partial charge in [-0.15, -0.1) is 0 Å². The molecule has 0 saturated heterocycles. The molecule has 3 aromatic rings. The Balaban J connectivity index is 1.47. The predicted octanol–water partition coefficient (Wildman–Crippen LogP) is 9.04. The molecule has 43 heavy (non-hydrogen) atoms. The minimum Gasteiger partial charge on any atom is -0.493 e. The van der Waals surface area contributed by atoms with Crippen molar-refractivity contribution in [2.75, 3.05) is 13.9 Å². The van der Waals surface area contributed by atoms with Gasteiger partial charge in [0.1, 0.15) is 0 Å². The number of esters is 1. The average molecular weight is 589 g/mol. The first-order valence-corrected chi connectivity index (χ1v) is 16.8. The summed E-state index contributed by atoms with van der Waals surface area (Å²) in [7, 11) is 1.65. The second kappa shape index (κ2) is 15.4. The van der Waals surface area contributed by atoms with Gasteiger partial charge in [0.05, 0.1) is 18.1 Å². The molecular formula is C37H50NO5+. The van der Waals surface area contributed by atoms with Crippen molar-refractivity contribution in [3.8, 4) is 34.3 Å². The number of carbonyl (C=O) groups is 1. The van der Waals surface area contributed by atoms with Crippen LogP contribution in [0, 0.1) is 0 Å². The van der Waals surface area contributed by atoms with Crippen LogP contribution in [0.2, 0.25) is 0 Å². The Labute approximate surface area is 257 Å². The van der Waals surface area contributed by atoms with Crippen molar-refractivity contribution < 1.29 is 28.3 Å². The Morgan fingerprint density at radius 2 is 1.51 bits per heavy atom. The molecule has 0 atom stereocenters. The molecule has 3 heterocycles. The second-order valence-corrected chi connectivity index (χ2v) is 12.2. The lowest BCUT2D eigenvalue weighted by Crippen LogP contribution is -2.41. The molecule has 0 amide bonds. The molecule has 0 N–H and O–H groups in total. The molecule has 0 unspecified atom stereocenters. The topological polar surface area (TPSA) is 57.9 Å². The number of fused-ring (bicyclic) bond motifs is 5. The third-order valence-corrected chi connectivity index (χ3v) is 9.02. The van der Waals surface area contributed by atoms with E-state index in [4.69, 9.17) is 18.9 Å². The summed E-state index contributed by atoms with van der Waals surface area (Å²) in [5.74, 6) is 2.62. The fourth-order valence-corrected chi connectivity index (χ4v) is 6.63. The molecule has 5 rings (SSSR count). The largest absolute Gasteiger partial charge is 0.493 e. The number of pyridine rings is 1. The summed E-state index contributed by atoms with van der Waals surface area (Å²) in [6.45, 7) is 5.61. The molecule has 6 heteroatoms. The maximum atomic E-state index is 13.1. The zero-order valence-electron chi connectivity index (χ0n) is 26.6. The molecule has 0 fully saturated rings. The van der Waals surface area contributed by atoms with Gasteiger partial charge in [0.15, 0.2) is 35.7 Å². The van der Waals surface area contributed by atoms with Gasteiger partial charge >= 0.3 is 5.97 Å². The Morgan fingerprint density at radius 1 is 0.837 bits per heavy atom. The maximum Gasteiger partial charge on any atom is 0.311 e. The normalized spacial score (nSPS) is 13.2. The van der Waals surface area contributed by atoms with Crippen molar-refractivity contribution >= 4 is 16.7 Å². The van der Waals surface area contributed by atoms with E-state index in [1.54, 1.807) is 7.11 Å². The number of rotatable bonds is 17. The standard InChI is InChI=1S/C37H50NO5/c1-4-6-8-10-12-13-15-17-29-28-19-20-32(40-3)37(43-35(39)18-16-14-11-9-7-5-2)31(28)25-38-22-21-27-23-33-34(42-26-41-33)24-30(27)36(29)38/h19-20,23-25H,4-18,21-22,26H2,1-3H3/q+1. The summed E-state index contributed by atoms with van der Waals surface area (Å²) in [6.07, 6.45) is 20.1. The van der Waals surface area contributed by atoms with Crippen molar-refractivity contribution in [2.45, 2.75) is 123 Å².